The Hall–Kier alpha value is -3.41. The molecule has 1 heterocycles. The highest BCUT2D eigenvalue weighted by molar-refractivity contribution is 7.98. The molecule has 10 nitrogen and oxygen atoms in total. The van der Waals surface area contributed by atoms with Gasteiger partial charge >= 0.3 is 15.6 Å². The molecule has 0 saturated carbocycles. The smallest absolute Gasteiger partial charge is 0.497 e. The number of aromatic nitrogens is 2. The molecule has 0 spiro atoms. The Morgan fingerprint density at radius 2 is 1.20 bits per heavy atom. The van der Waals surface area contributed by atoms with Gasteiger partial charge in [0, 0.05) is 31.4 Å². The molecule has 4 aromatic rings. The first-order chi connectivity index (χ1) is 22.7. The summed E-state index contributed by atoms with van der Waals surface area (Å²) >= 11 is 1.77. The Kier molecular flexibility index (Phi) is 24.0. The van der Waals surface area contributed by atoms with E-state index in [1.165, 1.54) is 17.0 Å². The fourth-order valence-corrected chi connectivity index (χ4v) is 3.63. The molecule has 0 N–H and O–H groups in total. The highest BCUT2D eigenvalue weighted by atomic mass is 32.2. The second-order valence-corrected chi connectivity index (χ2v) is 14.3. The lowest BCUT2D eigenvalue weighted by Gasteiger charge is -2.14. The van der Waals surface area contributed by atoms with E-state index in [1.807, 2.05) is 95.5 Å². The minimum Gasteiger partial charge on any atom is -0.497 e. The van der Waals surface area contributed by atoms with Crippen molar-refractivity contribution >= 4 is 32.0 Å². The Balaban J connectivity index is 0. The van der Waals surface area contributed by atoms with Gasteiger partial charge in [-0.05, 0) is 76.4 Å². The number of methoxy groups -OCH3 is 2. The average Bonchev–Trinajstić information content (AvgIpc) is 3.57. The standard InChI is InChI=1S/C8H10O3S.C7H8O.C7H8S.C5H12O.C4H6N2.C2H3F3O3S/c1-7-3-5-8(6-4-7)12(9,10)11-2;2*1-8-7-5-3-2-4-6-7;1-5(2,3)6-4;1-6-4-2-3-5-6;1-8-9(6,7)2(3,4)5/h3-6H,1-2H3;2*2-6H,1H3;1-4H3;2-4H,1H3;1H3. The predicted octanol–water partition coefficient (Wildman–Crippen LogP) is 7.77. The van der Waals surface area contributed by atoms with E-state index in [0.29, 0.717) is 7.11 Å². The molecule has 3 aromatic carbocycles. The van der Waals surface area contributed by atoms with E-state index in [-0.39, 0.29) is 10.5 Å². The summed E-state index contributed by atoms with van der Waals surface area (Å²) in [6.07, 6.45) is 5.72. The van der Waals surface area contributed by atoms with Gasteiger partial charge in [-0.3, -0.25) is 13.0 Å². The molecule has 0 radical (unpaired) electrons. The summed E-state index contributed by atoms with van der Waals surface area (Å²) in [4.78, 5) is 1.52. The zero-order valence-electron chi connectivity index (χ0n) is 29.3. The lowest BCUT2D eigenvalue weighted by Crippen LogP contribution is -2.23. The molecule has 16 heteroatoms. The van der Waals surface area contributed by atoms with Gasteiger partial charge in [-0.25, -0.2) is 0 Å². The van der Waals surface area contributed by atoms with E-state index in [4.69, 9.17) is 9.47 Å². The monoisotopic (exact) mass is 752 g/mol. The van der Waals surface area contributed by atoms with Gasteiger partial charge in [0.05, 0.1) is 31.8 Å². The number of thioether (sulfide) groups is 1. The van der Waals surface area contributed by atoms with Crippen LogP contribution in [-0.2, 0) is 40.4 Å². The van der Waals surface area contributed by atoms with Gasteiger partial charge in [0.1, 0.15) is 5.75 Å². The second-order valence-electron chi connectivity index (χ2n) is 10.0. The number of benzene rings is 3. The Morgan fingerprint density at radius 1 is 0.735 bits per heavy atom. The molecule has 4 rings (SSSR count). The molecule has 49 heavy (non-hydrogen) atoms. The van der Waals surface area contributed by atoms with E-state index in [9.17, 15) is 30.0 Å². The fourth-order valence-electron chi connectivity index (χ4n) is 2.35. The number of hydrogen-bond acceptors (Lipinski definition) is 10. The average molecular weight is 753 g/mol. The van der Waals surface area contributed by atoms with E-state index in [1.54, 1.807) is 49.0 Å². The molecular weight excluding hydrogens is 706 g/mol. The molecule has 0 aliphatic carbocycles. The number of aryl methyl sites for hydroxylation is 2. The quantitative estimate of drug-likeness (QED) is 0.114. The predicted molar refractivity (Wildman–Crippen MR) is 189 cm³/mol. The van der Waals surface area contributed by atoms with Crippen molar-refractivity contribution in [3.8, 4) is 5.75 Å². The van der Waals surface area contributed by atoms with Crippen LogP contribution in [0.5, 0.6) is 5.75 Å². The molecule has 0 amide bonds. The van der Waals surface area contributed by atoms with Crippen LogP contribution in [0.15, 0.2) is 113 Å². The summed E-state index contributed by atoms with van der Waals surface area (Å²) in [6.45, 7) is 7.95. The van der Waals surface area contributed by atoms with Gasteiger partial charge in [0.25, 0.3) is 10.1 Å². The van der Waals surface area contributed by atoms with Crippen molar-refractivity contribution in [1.82, 2.24) is 9.78 Å². The van der Waals surface area contributed by atoms with Crippen molar-refractivity contribution in [2.24, 2.45) is 7.05 Å². The number of ether oxygens (including phenoxy) is 2. The van der Waals surface area contributed by atoms with E-state index in [0.717, 1.165) is 18.4 Å². The largest absolute Gasteiger partial charge is 0.523 e. The summed E-state index contributed by atoms with van der Waals surface area (Å²) < 4.78 is 94.0. The summed E-state index contributed by atoms with van der Waals surface area (Å²) in [5, 5.41) is 3.83. The van der Waals surface area contributed by atoms with Crippen LogP contribution in [0.4, 0.5) is 13.2 Å². The fraction of sp³-hybridized carbons (Fsp3) is 0.364. The molecule has 0 aliphatic rings. The molecule has 0 unspecified atom stereocenters. The van der Waals surface area contributed by atoms with Crippen LogP contribution in [0.25, 0.3) is 0 Å². The maximum Gasteiger partial charge on any atom is 0.523 e. The van der Waals surface area contributed by atoms with Gasteiger partial charge in [-0.2, -0.15) is 35.1 Å². The lowest BCUT2D eigenvalue weighted by molar-refractivity contribution is -0.0526. The van der Waals surface area contributed by atoms with Gasteiger partial charge < -0.3 is 9.47 Å². The van der Waals surface area contributed by atoms with Gasteiger partial charge in [0.15, 0.2) is 0 Å². The van der Waals surface area contributed by atoms with Gasteiger partial charge in [0.2, 0.25) is 0 Å². The van der Waals surface area contributed by atoms with Crippen LogP contribution in [0.3, 0.4) is 0 Å². The number of rotatable bonds is 5. The third-order valence-corrected chi connectivity index (χ3v) is 8.28. The maximum absolute atomic E-state index is 11.1. The Labute approximate surface area is 293 Å². The number of nitrogens with zero attached hydrogens (tertiary/aromatic N) is 2. The minimum atomic E-state index is -5.34. The van der Waals surface area contributed by atoms with Gasteiger partial charge in [-0.15, -0.1) is 11.8 Å². The van der Waals surface area contributed by atoms with Crippen molar-refractivity contribution < 1.29 is 47.8 Å². The van der Waals surface area contributed by atoms with Crippen LogP contribution in [0.1, 0.15) is 26.3 Å². The summed E-state index contributed by atoms with van der Waals surface area (Å²) in [5.41, 5.74) is -4.24. The van der Waals surface area contributed by atoms with E-state index >= 15 is 0 Å². The molecule has 0 aliphatic heterocycles. The van der Waals surface area contributed by atoms with Crippen molar-refractivity contribution in [1.29, 1.82) is 0 Å². The zero-order chi connectivity index (χ0) is 38.2. The topological polar surface area (TPSA) is 123 Å². The molecule has 1 aromatic heterocycles. The number of halogens is 3. The summed E-state index contributed by atoms with van der Waals surface area (Å²) in [6, 6.07) is 28.4. The van der Waals surface area contributed by atoms with Gasteiger partial charge in [-0.1, -0.05) is 54.1 Å². The highest BCUT2D eigenvalue weighted by Crippen LogP contribution is 2.23. The third kappa shape index (κ3) is 24.4. The molecule has 0 atom stereocenters. The van der Waals surface area contributed by atoms with Crippen LogP contribution in [0, 0.1) is 6.92 Å². The first-order valence-electron chi connectivity index (χ1n) is 14.1. The van der Waals surface area contributed by atoms with Crippen molar-refractivity contribution in [2.75, 3.05) is 34.7 Å². The van der Waals surface area contributed by atoms with Crippen molar-refractivity contribution in [3.05, 3.63) is 109 Å². The van der Waals surface area contributed by atoms with Crippen LogP contribution >= 0.6 is 11.8 Å². The van der Waals surface area contributed by atoms with Crippen LogP contribution in [0.2, 0.25) is 0 Å². The van der Waals surface area contributed by atoms with Crippen LogP contribution < -0.4 is 4.74 Å². The zero-order valence-corrected chi connectivity index (χ0v) is 31.8. The van der Waals surface area contributed by atoms with Crippen LogP contribution in [-0.4, -0.2) is 72.4 Å². The molecular formula is C33H47F3N2O8S3. The first-order valence-corrected chi connectivity index (χ1v) is 18.1. The van der Waals surface area contributed by atoms with Crippen molar-refractivity contribution in [2.45, 2.75) is 48.6 Å². The normalized spacial score (nSPS) is 10.8. The van der Waals surface area contributed by atoms with Crippen molar-refractivity contribution in [3.63, 3.8) is 0 Å². The number of para-hydroxylation sites is 1. The maximum atomic E-state index is 11.1. The molecule has 0 bridgehead atoms. The lowest BCUT2D eigenvalue weighted by atomic mass is 10.2. The molecule has 0 fully saturated rings. The Bertz CT molecular complexity index is 1540. The van der Waals surface area contributed by atoms with E-state index in [2.05, 4.69) is 31.9 Å². The number of alkyl halides is 3. The summed E-state index contributed by atoms with van der Waals surface area (Å²) in [5.74, 6) is 0.910. The summed E-state index contributed by atoms with van der Waals surface area (Å²) in [7, 11) is -2.00. The SMILES string of the molecule is COC(C)(C)C.COS(=O)(=O)C(F)(F)F.COS(=O)(=O)c1ccc(C)cc1.COc1ccccc1.CSc1ccccc1.Cn1cccn1. The first kappa shape index (κ1) is 47.7. The minimum absolute atomic E-state index is 0.0417. The highest BCUT2D eigenvalue weighted by Gasteiger charge is 2.46. The molecule has 276 valence electrons. The third-order valence-electron chi connectivity index (χ3n) is 5.24. The number of hydrogen-bond donors (Lipinski definition) is 0. The Morgan fingerprint density at radius 3 is 1.43 bits per heavy atom. The molecule has 0 saturated heterocycles. The van der Waals surface area contributed by atoms with E-state index < -0.39 is 25.7 Å². The second kappa shape index (κ2) is 24.7.